The van der Waals surface area contributed by atoms with Gasteiger partial charge in [-0.1, -0.05) is 30.3 Å². The molecule has 0 radical (unpaired) electrons. The molecule has 1 heterocycles. The first-order valence-electron chi connectivity index (χ1n) is 9.08. The number of hydrogen-bond acceptors (Lipinski definition) is 3. The summed E-state index contributed by atoms with van der Waals surface area (Å²) in [6.07, 6.45) is 0. The normalized spacial score (nSPS) is 16.0. The molecule has 2 rings (SSSR count). The van der Waals surface area contributed by atoms with Crippen LogP contribution in [0.4, 0.5) is 0 Å². The molecule has 0 aromatic heterocycles. The lowest BCUT2D eigenvalue weighted by Gasteiger charge is -2.30. The Labute approximate surface area is 173 Å². The molecule has 0 bridgehead atoms. The monoisotopic (exact) mass is 474 g/mol. The van der Waals surface area contributed by atoms with E-state index in [0.29, 0.717) is 32.8 Å². The Kier molecular flexibility index (Phi) is 10.6. The van der Waals surface area contributed by atoms with Crippen LogP contribution >= 0.6 is 24.0 Å². The van der Waals surface area contributed by atoms with Crippen LogP contribution in [-0.2, 0) is 9.53 Å². The van der Waals surface area contributed by atoms with Crippen LogP contribution in [0.15, 0.2) is 35.3 Å². The van der Waals surface area contributed by atoms with Crippen molar-refractivity contribution in [3.8, 4) is 0 Å². The van der Waals surface area contributed by atoms with Crippen molar-refractivity contribution in [3.05, 3.63) is 35.9 Å². The number of guanidine groups is 1. The molecule has 1 unspecified atom stereocenters. The number of morpholine rings is 1. The Morgan fingerprint density at radius 3 is 2.46 bits per heavy atom. The fourth-order valence-corrected chi connectivity index (χ4v) is 2.79. The van der Waals surface area contributed by atoms with Gasteiger partial charge in [-0.05, 0) is 26.3 Å². The lowest BCUT2D eigenvalue weighted by atomic mass is 9.97. The smallest absolute Gasteiger partial charge is 0.232 e. The van der Waals surface area contributed by atoms with Crippen molar-refractivity contribution in [2.75, 3.05) is 39.4 Å². The summed E-state index contributed by atoms with van der Waals surface area (Å²) in [4.78, 5) is 19.6. The van der Waals surface area contributed by atoms with Gasteiger partial charge in [0.05, 0.1) is 25.7 Å². The summed E-state index contributed by atoms with van der Waals surface area (Å²) in [5.74, 6) is 0.591. The second-order valence-corrected chi connectivity index (χ2v) is 6.42. The van der Waals surface area contributed by atoms with Gasteiger partial charge in [0.2, 0.25) is 5.91 Å². The van der Waals surface area contributed by atoms with Gasteiger partial charge >= 0.3 is 0 Å². The molecule has 26 heavy (non-hydrogen) atoms. The topological polar surface area (TPSA) is 66.0 Å². The molecular weight excluding hydrogens is 443 g/mol. The molecule has 1 aliphatic heterocycles. The Morgan fingerprint density at radius 1 is 1.23 bits per heavy atom. The maximum Gasteiger partial charge on any atom is 0.232 e. The molecule has 7 heteroatoms. The zero-order valence-electron chi connectivity index (χ0n) is 15.9. The van der Waals surface area contributed by atoms with Gasteiger partial charge in [-0.25, -0.2) is 0 Å². The van der Waals surface area contributed by atoms with Crippen molar-refractivity contribution in [2.24, 2.45) is 4.99 Å². The summed E-state index contributed by atoms with van der Waals surface area (Å²) in [5.41, 5.74) is 1.00. The molecule has 1 amide bonds. The van der Waals surface area contributed by atoms with Gasteiger partial charge in [-0.3, -0.25) is 9.79 Å². The highest BCUT2D eigenvalue weighted by Gasteiger charge is 2.27. The Morgan fingerprint density at radius 2 is 1.88 bits per heavy atom. The van der Waals surface area contributed by atoms with Gasteiger partial charge in [-0.2, -0.15) is 0 Å². The number of halogens is 1. The maximum atomic E-state index is 13.1. The molecule has 1 atom stereocenters. The molecule has 0 saturated carbocycles. The van der Waals surface area contributed by atoms with Crippen molar-refractivity contribution >= 4 is 35.8 Å². The zero-order valence-corrected chi connectivity index (χ0v) is 18.2. The molecule has 1 aromatic rings. The standard InChI is InChI=1S/C19H30N4O2.HI/c1-4-20-19(22-15(2)3)21-14-17(16-8-6-5-7-9-16)18(24)23-10-12-25-13-11-23;/h5-9,15,17H,4,10-14H2,1-3H3,(H2,20,21,22);1H. The van der Waals surface area contributed by atoms with Gasteiger partial charge < -0.3 is 20.3 Å². The van der Waals surface area contributed by atoms with Crippen LogP contribution in [-0.4, -0.2) is 62.2 Å². The molecule has 146 valence electrons. The summed E-state index contributed by atoms with van der Waals surface area (Å²) in [5, 5.41) is 6.53. The van der Waals surface area contributed by atoms with E-state index in [1.807, 2.05) is 42.2 Å². The highest BCUT2D eigenvalue weighted by Crippen LogP contribution is 2.20. The van der Waals surface area contributed by atoms with Gasteiger partial charge in [0.1, 0.15) is 0 Å². The third-order valence-corrected chi connectivity index (χ3v) is 4.02. The summed E-state index contributed by atoms with van der Waals surface area (Å²) >= 11 is 0. The largest absolute Gasteiger partial charge is 0.378 e. The van der Waals surface area contributed by atoms with E-state index in [9.17, 15) is 4.79 Å². The number of aliphatic imine (C=N–C) groups is 1. The lowest BCUT2D eigenvalue weighted by Crippen LogP contribution is -2.44. The Balaban J connectivity index is 0.00000338. The van der Waals surface area contributed by atoms with Crippen molar-refractivity contribution in [2.45, 2.75) is 32.7 Å². The van der Waals surface area contributed by atoms with Crippen molar-refractivity contribution in [3.63, 3.8) is 0 Å². The number of nitrogens with one attached hydrogen (secondary N) is 2. The molecular formula is C19H31IN4O2. The van der Waals surface area contributed by atoms with Crippen LogP contribution in [0.2, 0.25) is 0 Å². The number of carbonyl (C=O) groups is 1. The van der Waals surface area contributed by atoms with Crippen LogP contribution in [0.5, 0.6) is 0 Å². The van der Waals surface area contributed by atoms with E-state index in [0.717, 1.165) is 18.1 Å². The minimum Gasteiger partial charge on any atom is -0.378 e. The Hall–Kier alpha value is -1.35. The van der Waals surface area contributed by atoms with E-state index in [1.165, 1.54) is 0 Å². The van der Waals surface area contributed by atoms with E-state index in [1.54, 1.807) is 0 Å². The van der Waals surface area contributed by atoms with Crippen molar-refractivity contribution < 1.29 is 9.53 Å². The third kappa shape index (κ3) is 7.11. The minimum absolute atomic E-state index is 0. The molecule has 1 aromatic carbocycles. The Bertz CT molecular complexity index is 560. The van der Waals surface area contributed by atoms with Gasteiger partial charge in [0, 0.05) is 25.7 Å². The van der Waals surface area contributed by atoms with Crippen LogP contribution < -0.4 is 10.6 Å². The van der Waals surface area contributed by atoms with Gasteiger partial charge in [0.25, 0.3) is 0 Å². The molecule has 0 spiro atoms. The summed E-state index contributed by atoms with van der Waals surface area (Å²) < 4.78 is 5.37. The van der Waals surface area contributed by atoms with E-state index in [-0.39, 0.29) is 41.8 Å². The van der Waals surface area contributed by atoms with Crippen LogP contribution in [0.25, 0.3) is 0 Å². The molecule has 1 fully saturated rings. The number of benzene rings is 1. The highest BCUT2D eigenvalue weighted by atomic mass is 127. The molecule has 1 aliphatic rings. The second-order valence-electron chi connectivity index (χ2n) is 6.42. The lowest BCUT2D eigenvalue weighted by molar-refractivity contribution is -0.136. The zero-order chi connectivity index (χ0) is 18.1. The summed E-state index contributed by atoms with van der Waals surface area (Å²) in [6, 6.07) is 10.2. The number of ether oxygens (including phenoxy) is 1. The first-order chi connectivity index (χ1) is 12.1. The first kappa shape index (κ1) is 22.7. The average molecular weight is 474 g/mol. The number of hydrogen-bond donors (Lipinski definition) is 2. The summed E-state index contributed by atoms with van der Waals surface area (Å²) in [7, 11) is 0. The average Bonchev–Trinajstić information content (AvgIpc) is 2.63. The molecule has 1 saturated heterocycles. The molecule has 2 N–H and O–H groups in total. The number of rotatable bonds is 6. The number of nitrogens with zero attached hydrogens (tertiary/aromatic N) is 2. The SMILES string of the molecule is CCNC(=NCC(C(=O)N1CCOCC1)c1ccccc1)NC(C)C.I. The fourth-order valence-electron chi connectivity index (χ4n) is 2.79. The van der Waals surface area contributed by atoms with E-state index < -0.39 is 0 Å². The van der Waals surface area contributed by atoms with E-state index in [4.69, 9.17) is 4.74 Å². The quantitative estimate of drug-likeness (QED) is 0.377. The summed E-state index contributed by atoms with van der Waals surface area (Å²) in [6.45, 7) is 9.88. The van der Waals surface area contributed by atoms with Crippen molar-refractivity contribution in [1.82, 2.24) is 15.5 Å². The second kappa shape index (κ2) is 12.1. The first-order valence-corrected chi connectivity index (χ1v) is 9.08. The van der Waals surface area contributed by atoms with Gasteiger partial charge in [-0.15, -0.1) is 24.0 Å². The molecule has 0 aliphatic carbocycles. The third-order valence-electron chi connectivity index (χ3n) is 4.02. The van der Waals surface area contributed by atoms with Crippen LogP contribution in [0.3, 0.4) is 0 Å². The highest BCUT2D eigenvalue weighted by molar-refractivity contribution is 14.0. The predicted octanol–water partition coefficient (Wildman–Crippen LogP) is 2.21. The van der Waals surface area contributed by atoms with Crippen LogP contribution in [0, 0.1) is 0 Å². The number of carbonyl (C=O) groups excluding carboxylic acids is 1. The predicted molar refractivity (Wildman–Crippen MR) is 116 cm³/mol. The number of amides is 1. The minimum atomic E-state index is -0.276. The van der Waals surface area contributed by atoms with E-state index in [2.05, 4.69) is 29.5 Å². The van der Waals surface area contributed by atoms with Gasteiger partial charge in [0.15, 0.2) is 5.96 Å². The van der Waals surface area contributed by atoms with Crippen molar-refractivity contribution in [1.29, 1.82) is 0 Å². The molecule has 6 nitrogen and oxygen atoms in total. The van der Waals surface area contributed by atoms with Crippen LogP contribution in [0.1, 0.15) is 32.3 Å². The van der Waals surface area contributed by atoms with E-state index >= 15 is 0 Å². The fraction of sp³-hybridized carbons (Fsp3) is 0.579. The maximum absolute atomic E-state index is 13.1.